The molecule has 2 amide bonds. The van der Waals surface area contributed by atoms with Crippen molar-refractivity contribution in [1.82, 2.24) is 4.90 Å². The molecule has 0 atom stereocenters. The van der Waals surface area contributed by atoms with Crippen molar-refractivity contribution < 1.29 is 14.4 Å². The van der Waals surface area contributed by atoms with E-state index in [2.05, 4.69) is 0 Å². The molecule has 1 heterocycles. The van der Waals surface area contributed by atoms with Crippen LogP contribution in [0, 0.1) is 5.92 Å². The van der Waals surface area contributed by atoms with Gasteiger partial charge in [0.1, 0.15) is 0 Å². The van der Waals surface area contributed by atoms with Crippen LogP contribution in [0.5, 0.6) is 0 Å². The molecule has 1 saturated heterocycles. The molecule has 0 aromatic rings. The number of hydrogen-bond donors (Lipinski definition) is 0. The van der Waals surface area contributed by atoms with Gasteiger partial charge in [-0.1, -0.05) is 31.0 Å². The van der Waals surface area contributed by atoms with Crippen LogP contribution in [0.15, 0.2) is 0 Å². The van der Waals surface area contributed by atoms with E-state index in [1.165, 1.54) is 6.42 Å². The minimum Gasteiger partial charge on any atom is -0.297 e. The van der Waals surface area contributed by atoms with E-state index < -0.39 is 0 Å². The summed E-state index contributed by atoms with van der Waals surface area (Å²) in [6, 6.07) is 0. The first-order chi connectivity index (χ1) is 7.68. The summed E-state index contributed by atoms with van der Waals surface area (Å²) in [7, 11) is 0. The average Bonchev–Trinajstić information content (AvgIpc) is 2.62. The number of Topliss-reactive ketones (excluding diaryl/α,β-unsaturated/α-hetero) is 1. The second-order valence-corrected chi connectivity index (χ2v) is 5.26. The monoisotopic (exact) mass is 241 g/mol. The number of thioether (sulfide) groups is 1. The minimum atomic E-state index is -0.269. The van der Waals surface area contributed by atoms with Crippen LogP contribution in [0.3, 0.4) is 0 Å². The van der Waals surface area contributed by atoms with E-state index in [0.29, 0.717) is 0 Å². The first-order valence-electron chi connectivity index (χ1n) is 5.68. The summed E-state index contributed by atoms with van der Waals surface area (Å²) in [5.41, 5.74) is 0. The lowest BCUT2D eigenvalue weighted by Gasteiger charge is -2.22. The molecule has 0 aromatic carbocycles. The lowest BCUT2D eigenvalue weighted by Crippen LogP contribution is -2.37. The fourth-order valence-corrected chi connectivity index (χ4v) is 2.97. The number of hydrogen-bond acceptors (Lipinski definition) is 4. The Labute approximate surface area is 98.7 Å². The number of imide groups is 1. The SMILES string of the molecule is O=C(CN1C(=O)CSC1=O)C1CCCCC1. The summed E-state index contributed by atoms with van der Waals surface area (Å²) in [6.07, 6.45) is 5.21. The fraction of sp³-hybridized carbons (Fsp3) is 0.727. The molecule has 1 saturated carbocycles. The van der Waals surface area contributed by atoms with E-state index >= 15 is 0 Å². The van der Waals surface area contributed by atoms with Crippen molar-refractivity contribution in [3.63, 3.8) is 0 Å². The van der Waals surface area contributed by atoms with E-state index in [1.54, 1.807) is 0 Å². The number of ketones is 1. The van der Waals surface area contributed by atoms with E-state index in [4.69, 9.17) is 0 Å². The molecule has 0 unspecified atom stereocenters. The number of carbonyl (C=O) groups excluding carboxylic acids is 3. The van der Waals surface area contributed by atoms with Crippen molar-refractivity contribution in [1.29, 1.82) is 0 Å². The standard InChI is InChI=1S/C11H15NO3S/c13-9(8-4-2-1-3-5-8)6-12-10(14)7-16-11(12)15/h8H,1-7H2. The Morgan fingerprint density at radius 1 is 1.25 bits per heavy atom. The zero-order valence-corrected chi connectivity index (χ0v) is 9.92. The molecule has 1 aliphatic heterocycles. The van der Waals surface area contributed by atoms with Gasteiger partial charge in [0.2, 0.25) is 5.91 Å². The molecule has 0 N–H and O–H groups in total. The molecular weight excluding hydrogens is 226 g/mol. The van der Waals surface area contributed by atoms with E-state index in [9.17, 15) is 14.4 Å². The van der Waals surface area contributed by atoms with Gasteiger partial charge in [-0.3, -0.25) is 19.3 Å². The van der Waals surface area contributed by atoms with Gasteiger partial charge in [-0.2, -0.15) is 0 Å². The van der Waals surface area contributed by atoms with Crippen LogP contribution in [0.2, 0.25) is 0 Å². The number of amides is 2. The third-order valence-corrected chi connectivity index (χ3v) is 4.07. The van der Waals surface area contributed by atoms with Crippen molar-refractivity contribution >= 4 is 28.7 Å². The van der Waals surface area contributed by atoms with Crippen LogP contribution in [-0.4, -0.2) is 34.1 Å². The summed E-state index contributed by atoms with van der Waals surface area (Å²) in [6.45, 7) is -0.00463. The highest BCUT2D eigenvalue weighted by molar-refractivity contribution is 8.14. The Balaban J connectivity index is 1.90. The minimum absolute atomic E-state index is 0.00463. The van der Waals surface area contributed by atoms with E-state index in [0.717, 1.165) is 42.3 Å². The summed E-state index contributed by atoms with van der Waals surface area (Å²) < 4.78 is 0. The van der Waals surface area contributed by atoms with Gasteiger partial charge in [0.05, 0.1) is 12.3 Å². The van der Waals surface area contributed by atoms with E-state index in [1.807, 2.05) is 0 Å². The highest BCUT2D eigenvalue weighted by atomic mass is 32.2. The van der Waals surface area contributed by atoms with Gasteiger partial charge in [-0.15, -0.1) is 0 Å². The molecule has 2 aliphatic rings. The zero-order chi connectivity index (χ0) is 11.5. The third-order valence-electron chi connectivity index (χ3n) is 3.22. The Kier molecular flexibility index (Phi) is 3.63. The van der Waals surface area contributed by atoms with Crippen molar-refractivity contribution in [3.05, 3.63) is 0 Å². The zero-order valence-electron chi connectivity index (χ0n) is 9.11. The van der Waals surface area contributed by atoms with Crippen LogP contribution < -0.4 is 0 Å². The molecule has 1 aliphatic carbocycles. The quantitative estimate of drug-likeness (QED) is 0.756. The van der Waals surface area contributed by atoms with Crippen molar-refractivity contribution in [3.8, 4) is 0 Å². The van der Waals surface area contributed by atoms with Crippen LogP contribution in [0.25, 0.3) is 0 Å². The summed E-state index contributed by atoms with van der Waals surface area (Å²) >= 11 is 0.987. The van der Waals surface area contributed by atoms with Gasteiger partial charge in [-0.25, -0.2) is 0 Å². The predicted octanol–water partition coefficient (Wildman–Crippen LogP) is 1.83. The maximum absolute atomic E-state index is 11.9. The molecule has 4 nitrogen and oxygen atoms in total. The van der Waals surface area contributed by atoms with Crippen molar-refractivity contribution in [2.45, 2.75) is 32.1 Å². The first-order valence-corrected chi connectivity index (χ1v) is 6.67. The van der Waals surface area contributed by atoms with Gasteiger partial charge >= 0.3 is 0 Å². The second kappa shape index (κ2) is 4.99. The molecule has 88 valence electrons. The summed E-state index contributed by atoms with van der Waals surface area (Å²) in [5.74, 6) is 0.0968. The first kappa shape index (κ1) is 11.6. The molecular formula is C11H15NO3S. The normalized spacial score (nSPS) is 22.9. The van der Waals surface area contributed by atoms with Gasteiger partial charge in [-0.05, 0) is 12.8 Å². The molecule has 0 aromatic heterocycles. The second-order valence-electron chi connectivity index (χ2n) is 4.34. The van der Waals surface area contributed by atoms with Gasteiger partial charge in [0, 0.05) is 5.92 Å². The fourth-order valence-electron chi connectivity index (χ4n) is 2.24. The van der Waals surface area contributed by atoms with E-state index in [-0.39, 0.29) is 35.1 Å². The summed E-state index contributed by atoms with van der Waals surface area (Å²) in [5, 5.41) is -0.269. The summed E-state index contributed by atoms with van der Waals surface area (Å²) in [4.78, 5) is 35.6. The maximum atomic E-state index is 11.9. The predicted molar refractivity (Wildman–Crippen MR) is 61.1 cm³/mol. The average molecular weight is 241 g/mol. The largest absolute Gasteiger partial charge is 0.297 e. The lowest BCUT2D eigenvalue weighted by molar-refractivity contribution is -0.131. The highest BCUT2D eigenvalue weighted by Gasteiger charge is 2.33. The Morgan fingerprint density at radius 2 is 1.94 bits per heavy atom. The highest BCUT2D eigenvalue weighted by Crippen LogP contribution is 2.26. The van der Waals surface area contributed by atoms with Crippen molar-refractivity contribution in [2.24, 2.45) is 5.92 Å². The van der Waals surface area contributed by atoms with Gasteiger partial charge in [0.15, 0.2) is 5.78 Å². The molecule has 0 radical (unpaired) electrons. The molecule has 5 heteroatoms. The van der Waals surface area contributed by atoms with Gasteiger partial charge in [0.25, 0.3) is 5.24 Å². The molecule has 0 bridgehead atoms. The molecule has 2 rings (SSSR count). The van der Waals surface area contributed by atoms with Crippen LogP contribution in [-0.2, 0) is 9.59 Å². The Morgan fingerprint density at radius 3 is 2.50 bits per heavy atom. The number of carbonyl (C=O) groups is 3. The lowest BCUT2D eigenvalue weighted by atomic mass is 9.86. The number of nitrogens with zero attached hydrogens (tertiary/aromatic N) is 1. The topological polar surface area (TPSA) is 54.5 Å². The van der Waals surface area contributed by atoms with Crippen LogP contribution in [0.4, 0.5) is 4.79 Å². The van der Waals surface area contributed by atoms with Crippen LogP contribution >= 0.6 is 11.8 Å². The molecule has 2 fully saturated rings. The third kappa shape index (κ3) is 2.45. The Hall–Kier alpha value is -0.840. The van der Waals surface area contributed by atoms with Crippen LogP contribution in [0.1, 0.15) is 32.1 Å². The molecule has 0 spiro atoms. The smallest absolute Gasteiger partial charge is 0.289 e. The number of rotatable bonds is 3. The van der Waals surface area contributed by atoms with Crippen molar-refractivity contribution in [2.75, 3.05) is 12.3 Å². The molecule has 16 heavy (non-hydrogen) atoms. The van der Waals surface area contributed by atoms with Gasteiger partial charge < -0.3 is 0 Å². The Bertz CT molecular complexity index is 307. The maximum Gasteiger partial charge on any atom is 0.289 e.